The second kappa shape index (κ2) is 15.6. The van der Waals surface area contributed by atoms with Gasteiger partial charge in [-0.05, 0) is 71.6 Å². The highest BCUT2D eigenvalue weighted by atomic mass is 35.5. The normalized spacial score (nSPS) is 12.9. The lowest BCUT2D eigenvalue weighted by molar-refractivity contribution is 0.284. The first-order valence-electron chi connectivity index (χ1n) is 14.7. The zero-order valence-electron chi connectivity index (χ0n) is 27.6. The lowest BCUT2D eigenvalue weighted by Gasteiger charge is -2.12. The van der Waals surface area contributed by atoms with E-state index in [2.05, 4.69) is 40.0 Å². The van der Waals surface area contributed by atoms with E-state index in [1.165, 1.54) is 18.2 Å². The minimum atomic E-state index is -5.23. The van der Waals surface area contributed by atoms with Gasteiger partial charge in [-0.3, -0.25) is 18.2 Å². The van der Waals surface area contributed by atoms with E-state index < -0.39 is 111 Å². The molecule has 0 bridgehead atoms. The number of aromatic nitrogens is 3. The first kappa shape index (κ1) is 42.9. The summed E-state index contributed by atoms with van der Waals surface area (Å²) in [6.45, 7) is -0.838. The summed E-state index contributed by atoms with van der Waals surface area (Å²) in [5.41, 5.74) is 3.99. The van der Waals surface area contributed by atoms with Gasteiger partial charge in [0.25, 0.3) is 30.4 Å². The molecule has 30 heteroatoms. The van der Waals surface area contributed by atoms with E-state index in [4.69, 9.17) is 21.9 Å². The molecule has 0 aliphatic carbocycles. The maximum Gasteiger partial charge on any atom is 0.397 e. The van der Waals surface area contributed by atoms with Crippen LogP contribution in [0.4, 0.5) is 40.3 Å². The van der Waals surface area contributed by atoms with E-state index in [9.17, 15) is 60.9 Å². The fraction of sp³-hybridized carbons (Fsp3) is 0.0741. The molecule has 0 amide bonds. The number of nitrogen functional groups attached to an aromatic ring is 1. The minimum absolute atomic E-state index is 0.120. The summed E-state index contributed by atoms with van der Waals surface area (Å²) in [4.78, 5) is 8.76. The molecular formula is C27H23ClN8O16S5. The van der Waals surface area contributed by atoms with Gasteiger partial charge in [0.2, 0.25) is 17.2 Å². The summed E-state index contributed by atoms with van der Waals surface area (Å²) in [5.74, 6) is -2.15. The van der Waals surface area contributed by atoms with Crippen molar-refractivity contribution in [3.05, 3.63) is 65.9 Å². The minimum Gasteiger partial charge on any atom is -0.507 e. The van der Waals surface area contributed by atoms with E-state index in [-0.39, 0.29) is 33.6 Å². The van der Waals surface area contributed by atoms with Crippen LogP contribution in [0.25, 0.3) is 10.8 Å². The Kier molecular flexibility index (Phi) is 11.8. The van der Waals surface area contributed by atoms with Crippen LogP contribution in [-0.2, 0) is 54.8 Å². The number of rotatable bonds is 14. The van der Waals surface area contributed by atoms with Gasteiger partial charge < -0.3 is 21.5 Å². The number of azo groups is 1. The summed E-state index contributed by atoms with van der Waals surface area (Å²) in [5, 5.41) is 22.0. The second-order valence-corrected chi connectivity index (χ2v) is 18.8. The highest BCUT2D eigenvalue weighted by Gasteiger charge is 2.25. The molecule has 0 aliphatic rings. The highest BCUT2D eigenvalue weighted by molar-refractivity contribution is 7.91. The van der Waals surface area contributed by atoms with Crippen molar-refractivity contribution in [2.45, 2.75) is 19.6 Å². The molecule has 0 atom stereocenters. The summed E-state index contributed by atoms with van der Waals surface area (Å²) >= 11 is 6.03. The molecule has 0 saturated carbocycles. The zero-order chi connectivity index (χ0) is 42.3. The van der Waals surface area contributed by atoms with E-state index in [1.54, 1.807) is 0 Å². The number of nitrogens with zero attached hydrogens (tertiary/aromatic N) is 5. The average Bonchev–Trinajstić information content (AvgIpc) is 3.06. The van der Waals surface area contributed by atoms with E-state index in [0.29, 0.717) is 12.1 Å². The number of aromatic hydroxyl groups is 1. The standard InChI is InChI=1S/C27H23ClN8O16S5/c28-25-32-26(30-14-1-4-16(5-2-14)53(38,39)8-7-52-57(49,50)51)34-27(33-25)31-15-3-6-18(20(11-15)55(43,44)45)35-36-24-21(56(46,47)48)10-13-9-17(54(40,41)42)12-19(37)22(13)23(24)29/h1-6,9-12,37H,7-8,29H2,(H,40,41,42)(H,43,44,45)(H,46,47,48)(H,49,50,51)(H2,30,31,32,33,34). The molecular weight excluding hydrogens is 888 g/mol. The van der Waals surface area contributed by atoms with Crippen LogP contribution in [0, 0.1) is 0 Å². The van der Waals surface area contributed by atoms with Crippen LogP contribution in [0.1, 0.15) is 0 Å². The second-order valence-electron chi connectivity index (χ2n) is 11.1. The number of nitrogens with two attached hydrogens (primary N) is 1. The van der Waals surface area contributed by atoms with E-state index in [1.807, 2.05) is 0 Å². The Morgan fingerprint density at radius 2 is 1.26 bits per heavy atom. The molecule has 1 aromatic heterocycles. The molecule has 0 radical (unpaired) electrons. The number of benzene rings is 4. The monoisotopic (exact) mass is 910 g/mol. The van der Waals surface area contributed by atoms with Gasteiger partial charge in [-0.1, -0.05) is 0 Å². The summed E-state index contributed by atoms with van der Waals surface area (Å²) in [6, 6.07) is 9.85. The van der Waals surface area contributed by atoms with Crippen LogP contribution in [0.3, 0.4) is 0 Å². The van der Waals surface area contributed by atoms with Crippen molar-refractivity contribution in [3.8, 4) is 5.75 Å². The molecule has 0 fully saturated rings. The Labute approximate surface area is 326 Å². The third-order valence-corrected chi connectivity index (χ3v) is 12.1. The molecule has 9 N–H and O–H groups in total. The number of anilines is 5. The topological polar surface area (TPSA) is 395 Å². The fourth-order valence-corrected chi connectivity index (χ4v) is 8.26. The van der Waals surface area contributed by atoms with Gasteiger partial charge in [-0.15, -0.1) is 10.2 Å². The molecule has 5 rings (SSSR count). The van der Waals surface area contributed by atoms with Gasteiger partial charge in [0.15, 0.2) is 9.84 Å². The predicted octanol–water partition coefficient (Wildman–Crippen LogP) is 3.20. The Hall–Kier alpha value is -5.21. The number of hydrogen-bond donors (Lipinski definition) is 8. The van der Waals surface area contributed by atoms with Gasteiger partial charge in [0, 0.05) is 22.8 Å². The lowest BCUT2D eigenvalue weighted by atomic mass is 10.1. The van der Waals surface area contributed by atoms with Crippen LogP contribution in [0.2, 0.25) is 5.28 Å². The van der Waals surface area contributed by atoms with Crippen molar-refractivity contribution < 1.29 is 69.6 Å². The molecule has 0 spiro atoms. The number of halogens is 1. The summed E-state index contributed by atoms with van der Waals surface area (Å²) in [7, 11) is -24.1. The molecule has 4 aromatic carbocycles. The molecule has 57 heavy (non-hydrogen) atoms. The van der Waals surface area contributed by atoms with Crippen LogP contribution in [-0.4, -0.2) is 92.7 Å². The number of fused-ring (bicyclic) bond motifs is 1. The van der Waals surface area contributed by atoms with Crippen molar-refractivity contribution in [1.82, 2.24) is 15.0 Å². The van der Waals surface area contributed by atoms with Crippen molar-refractivity contribution in [3.63, 3.8) is 0 Å². The van der Waals surface area contributed by atoms with E-state index >= 15 is 0 Å². The molecule has 24 nitrogen and oxygen atoms in total. The van der Waals surface area contributed by atoms with Crippen LogP contribution < -0.4 is 16.4 Å². The zero-order valence-corrected chi connectivity index (χ0v) is 32.5. The van der Waals surface area contributed by atoms with Crippen LogP contribution in [0.15, 0.2) is 90.5 Å². The number of sulfone groups is 1. The SMILES string of the molecule is Nc1c(N=Nc2ccc(Nc3nc(Cl)nc(Nc4ccc(S(=O)(=O)CCOS(=O)(=O)O)cc4)n3)cc2S(=O)(=O)O)c(S(=O)(=O)O)cc2cc(S(=O)(=O)O)cc(O)c12. The average molecular weight is 911 g/mol. The van der Waals surface area contributed by atoms with Gasteiger partial charge in [0.05, 0.1) is 27.8 Å². The third kappa shape index (κ3) is 10.6. The summed E-state index contributed by atoms with van der Waals surface area (Å²) < 4.78 is 161. The van der Waals surface area contributed by atoms with Gasteiger partial charge >= 0.3 is 10.4 Å². The third-order valence-electron chi connectivity index (χ3n) is 7.16. The van der Waals surface area contributed by atoms with Crippen molar-refractivity contribution >= 4 is 113 Å². The largest absolute Gasteiger partial charge is 0.507 e. The Balaban J connectivity index is 1.43. The number of phenols is 1. The number of phenolic OH excluding ortho intramolecular Hbond substituents is 1. The van der Waals surface area contributed by atoms with Crippen molar-refractivity contribution in [2.75, 3.05) is 28.7 Å². The van der Waals surface area contributed by atoms with Gasteiger partial charge in [-0.25, -0.2) is 12.6 Å². The molecule has 5 aromatic rings. The highest BCUT2D eigenvalue weighted by Crippen LogP contribution is 2.43. The molecule has 1 heterocycles. The molecule has 0 saturated heterocycles. The first-order valence-corrected chi connectivity index (χ1v) is 22.4. The first-order chi connectivity index (χ1) is 26.2. The Bertz CT molecular complexity index is 3040. The van der Waals surface area contributed by atoms with Crippen LogP contribution >= 0.6 is 11.6 Å². The maximum absolute atomic E-state index is 12.4. The Morgan fingerprint density at radius 1 is 0.684 bits per heavy atom. The lowest BCUT2D eigenvalue weighted by Crippen LogP contribution is -2.15. The smallest absolute Gasteiger partial charge is 0.397 e. The van der Waals surface area contributed by atoms with Gasteiger partial charge in [-0.2, -0.15) is 48.6 Å². The Morgan fingerprint density at radius 3 is 1.82 bits per heavy atom. The van der Waals surface area contributed by atoms with Crippen molar-refractivity contribution in [1.29, 1.82) is 0 Å². The summed E-state index contributed by atoms with van der Waals surface area (Å²) in [6.07, 6.45) is 0. The molecule has 0 unspecified atom stereocenters. The quantitative estimate of drug-likeness (QED) is 0.0450. The van der Waals surface area contributed by atoms with Crippen LogP contribution in [0.5, 0.6) is 5.75 Å². The molecule has 304 valence electrons. The van der Waals surface area contributed by atoms with E-state index in [0.717, 1.165) is 30.3 Å². The predicted molar refractivity (Wildman–Crippen MR) is 197 cm³/mol. The van der Waals surface area contributed by atoms with Crippen molar-refractivity contribution in [2.24, 2.45) is 10.2 Å². The van der Waals surface area contributed by atoms with Gasteiger partial charge in [0.1, 0.15) is 26.9 Å². The number of hydrogen-bond acceptors (Lipinski definition) is 20. The number of nitrogens with one attached hydrogen (secondary N) is 2. The maximum atomic E-state index is 12.4. The molecule has 0 aliphatic heterocycles. The fourth-order valence-electron chi connectivity index (χ4n) is 4.76.